The van der Waals surface area contributed by atoms with Gasteiger partial charge in [-0.05, 0) is 44.2 Å². The van der Waals surface area contributed by atoms with E-state index in [1.807, 2.05) is 32.0 Å². The highest BCUT2D eigenvalue weighted by atomic mass is 35.5. The van der Waals surface area contributed by atoms with Crippen LogP contribution < -0.4 is 5.56 Å². The fraction of sp³-hybridized carbons (Fsp3) is 0.111. The maximum Gasteiger partial charge on any atom is 0.249 e. The SMILES string of the molecule is Cc1cc(-c2nc3ccc(=O)[nH]c3nc2-c2ccc(C)o2)cc(Cl)n1. The molecule has 4 aromatic heterocycles. The molecule has 124 valence electrons. The van der Waals surface area contributed by atoms with E-state index >= 15 is 0 Å². The van der Waals surface area contributed by atoms with Gasteiger partial charge in [0.2, 0.25) is 5.56 Å². The number of aromatic nitrogens is 4. The molecular weight excluding hydrogens is 340 g/mol. The van der Waals surface area contributed by atoms with Crippen molar-refractivity contribution in [1.82, 2.24) is 19.9 Å². The molecule has 0 aliphatic carbocycles. The van der Waals surface area contributed by atoms with Crippen LogP contribution in [0, 0.1) is 13.8 Å². The normalized spacial score (nSPS) is 11.2. The van der Waals surface area contributed by atoms with Crippen LogP contribution >= 0.6 is 11.6 Å². The van der Waals surface area contributed by atoms with E-state index in [1.165, 1.54) is 6.07 Å². The third kappa shape index (κ3) is 2.92. The number of nitrogens with zero attached hydrogens (tertiary/aromatic N) is 3. The van der Waals surface area contributed by atoms with Crippen molar-refractivity contribution < 1.29 is 4.42 Å². The van der Waals surface area contributed by atoms with Gasteiger partial charge in [0.15, 0.2) is 11.4 Å². The van der Waals surface area contributed by atoms with E-state index in [0.717, 1.165) is 17.0 Å². The smallest absolute Gasteiger partial charge is 0.249 e. The molecule has 7 heteroatoms. The second kappa shape index (κ2) is 5.82. The Morgan fingerprint density at radius 1 is 1.00 bits per heavy atom. The summed E-state index contributed by atoms with van der Waals surface area (Å²) in [7, 11) is 0. The van der Waals surface area contributed by atoms with Crippen LogP contribution in [0.3, 0.4) is 0 Å². The summed E-state index contributed by atoms with van der Waals surface area (Å²) in [6, 6.07) is 10.3. The van der Waals surface area contributed by atoms with E-state index in [4.69, 9.17) is 16.0 Å². The minimum atomic E-state index is -0.237. The Balaban J connectivity index is 2.06. The van der Waals surface area contributed by atoms with Crippen LogP contribution in [-0.4, -0.2) is 19.9 Å². The van der Waals surface area contributed by atoms with Crippen molar-refractivity contribution in [2.75, 3.05) is 0 Å². The van der Waals surface area contributed by atoms with Crippen LogP contribution in [0.5, 0.6) is 0 Å². The lowest BCUT2D eigenvalue weighted by Crippen LogP contribution is -2.06. The molecule has 6 nitrogen and oxygen atoms in total. The molecule has 0 aliphatic rings. The molecule has 0 bridgehead atoms. The van der Waals surface area contributed by atoms with Gasteiger partial charge in [0, 0.05) is 17.3 Å². The zero-order chi connectivity index (χ0) is 17.6. The number of hydrogen-bond donors (Lipinski definition) is 1. The number of furan rings is 1. The number of fused-ring (bicyclic) bond motifs is 1. The lowest BCUT2D eigenvalue weighted by atomic mass is 10.1. The standard InChI is InChI=1S/C18H13ClN4O2/c1-9-7-11(8-14(19)20-9)16-17(13-5-3-10(2)25-13)23-18-12(21-16)4-6-15(24)22-18/h3-8H,1-2H3,(H,22,23,24). The van der Waals surface area contributed by atoms with E-state index in [0.29, 0.717) is 33.5 Å². The van der Waals surface area contributed by atoms with Crippen molar-refractivity contribution in [2.45, 2.75) is 13.8 Å². The number of halogens is 1. The van der Waals surface area contributed by atoms with Crippen molar-refractivity contribution in [2.24, 2.45) is 0 Å². The third-order valence-electron chi connectivity index (χ3n) is 3.73. The number of aryl methyl sites for hydroxylation is 2. The highest BCUT2D eigenvalue weighted by molar-refractivity contribution is 6.29. The molecule has 0 saturated heterocycles. The Kier molecular flexibility index (Phi) is 3.62. The average Bonchev–Trinajstić information content (AvgIpc) is 2.99. The molecule has 0 unspecified atom stereocenters. The van der Waals surface area contributed by atoms with Crippen molar-refractivity contribution >= 4 is 22.8 Å². The predicted octanol–water partition coefficient (Wildman–Crippen LogP) is 3.91. The van der Waals surface area contributed by atoms with Crippen molar-refractivity contribution in [3.8, 4) is 22.7 Å². The van der Waals surface area contributed by atoms with Crippen molar-refractivity contribution in [3.05, 3.63) is 63.4 Å². The van der Waals surface area contributed by atoms with Crippen molar-refractivity contribution in [1.29, 1.82) is 0 Å². The van der Waals surface area contributed by atoms with Gasteiger partial charge >= 0.3 is 0 Å². The topological polar surface area (TPSA) is 84.7 Å². The lowest BCUT2D eigenvalue weighted by molar-refractivity contribution is 0.546. The third-order valence-corrected chi connectivity index (χ3v) is 3.92. The molecule has 0 radical (unpaired) electrons. The first-order chi connectivity index (χ1) is 12.0. The van der Waals surface area contributed by atoms with E-state index in [1.54, 1.807) is 12.1 Å². The molecule has 4 rings (SSSR count). The minimum absolute atomic E-state index is 0.237. The number of hydrogen-bond acceptors (Lipinski definition) is 5. The average molecular weight is 353 g/mol. The largest absolute Gasteiger partial charge is 0.460 e. The number of H-pyrrole nitrogens is 1. The first-order valence-electron chi connectivity index (χ1n) is 7.62. The number of rotatable bonds is 2. The summed E-state index contributed by atoms with van der Waals surface area (Å²) < 4.78 is 5.73. The van der Waals surface area contributed by atoms with E-state index in [2.05, 4.69) is 19.9 Å². The van der Waals surface area contributed by atoms with Gasteiger partial charge in [0.1, 0.15) is 27.8 Å². The number of pyridine rings is 2. The highest BCUT2D eigenvalue weighted by Crippen LogP contribution is 2.32. The second-order valence-electron chi connectivity index (χ2n) is 5.71. The summed E-state index contributed by atoms with van der Waals surface area (Å²) in [5, 5.41) is 0.375. The summed E-state index contributed by atoms with van der Waals surface area (Å²) in [6.07, 6.45) is 0. The van der Waals surface area contributed by atoms with Crippen LogP contribution in [0.25, 0.3) is 33.9 Å². The summed E-state index contributed by atoms with van der Waals surface area (Å²) in [5.74, 6) is 1.32. The van der Waals surface area contributed by atoms with Crippen LogP contribution in [0.2, 0.25) is 5.15 Å². The van der Waals surface area contributed by atoms with Crippen LogP contribution in [0.15, 0.2) is 45.6 Å². The Hall–Kier alpha value is -2.99. The zero-order valence-electron chi connectivity index (χ0n) is 13.5. The molecule has 0 atom stereocenters. The Bertz CT molecular complexity index is 1140. The lowest BCUT2D eigenvalue weighted by Gasteiger charge is -2.09. The molecule has 0 amide bonds. The molecule has 4 aromatic rings. The minimum Gasteiger partial charge on any atom is -0.460 e. The maximum absolute atomic E-state index is 11.6. The van der Waals surface area contributed by atoms with Gasteiger partial charge in [-0.25, -0.2) is 15.0 Å². The van der Waals surface area contributed by atoms with E-state index < -0.39 is 0 Å². The van der Waals surface area contributed by atoms with Gasteiger partial charge in [0.25, 0.3) is 0 Å². The Labute approximate surface area is 147 Å². The van der Waals surface area contributed by atoms with Crippen LogP contribution in [0.4, 0.5) is 0 Å². The number of aromatic amines is 1. The quantitative estimate of drug-likeness (QED) is 0.553. The summed E-state index contributed by atoms with van der Waals surface area (Å²) in [4.78, 5) is 27.7. The van der Waals surface area contributed by atoms with E-state index in [9.17, 15) is 4.79 Å². The van der Waals surface area contributed by atoms with Crippen LogP contribution in [-0.2, 0) is 0 Å². The fourth-order valence-electron chi connectivity index (χ4n) is 2.67. The molecule has 4 heterocycles. The highest BCUT2D eigenvalue weighted by Gasteiger charge is 2.17. The van der Waals surface area contributed by atoms with Gasteiger partial charge in [0.05, 0.1) is 0 Å². The molecule has 0 aromatic carbocycles. The number of nitrogens with one attached hydrogen (secondary N) is 1. The molecule has 0 aliphatic heterocycles. The Morgan fingerprint density at radius 3 is 2.56 bits per heavy atom. The first-order valence-corrected chi connectivity index (χ1v) is 8.00. The van der Waals surface area contributed by atoms with E-state index in [-0.39, 0.29) is 5.56 Å². The zero-order valence-corrected chi connectivity index (χ0v) is 14.3. The molecular formula is C18H13ClN4O2. The maximum atomic E-state index is 11.6. The fourth-order valence-corrected chi connectivity index (χ4v) is 2.92. The first kappa shape index (κ1) is 15.5. The van der Waals surface area contributed by atoms with Crippen molar-refractivity contribution in [3.63, 3.8) is 0 Å². The summed E-state index contributed by atoms with van der Waals surface area (Å²) in [5.41, 5.74) is 3.43. The molecule has 0 spiro atoms. The second-order valence-corrected chi connectivity index (χ2v) is 6.09. The summed E-state index contributed by atoms with van der Waals surface area (Å²) >= 11 is 6.11. The monoisotopic (exact) mass is 352 g/mol. The molecule has 1 N–H and O–H groups in total. The summed E-state index contributed by atoms with van der Waals surface area (Å²) in [6.45, 7) is 3.71. The van der Waals surface area contributed by atoms with Gasteiger partial charge in [-0.2, -0.15) is 0 Å². The predicted molar refractivity (Wildman–Crippen MR) is 95.6 cm³/mol. The molecule has 0 fully saturated rings. The molecule has 25 heavy (non-hydrogen) atoms. The van der Waals surface area contributed by atoms with Crippen LogP contribution in [0.1, 0.15) is 11.5 Å². The molecule has 0 saturated carbocycles. The Morgan fingerprint density at radius 2 is 1.84 bits per heavy atom. The van der Waals surface area contributed by atoms with Gasteiger partial charge in [-0.1, -0.05) is 11.6 Å². The van der Waals surface area contributed by atoms with Gasteiger partial charge in [-0.15, -0.1) is 0 Å². The van der Waals surface area contributed by atoms with Gasteiger partial charge in [-0.3, -0.25) is 4.79 Å². The van der Waals surface area contributed by atoms with Gasteiger partial charge < -0.3 is 9.40 Å².